The number of ether oxygens (including phenoxy) is 1. The number of hydrogen-bond donors (Lipinski definition) is 3. The molecule has 1 aromatic rings. The first-order valence-electron chi connectivity index (χ1n) is 4.05. The van der Waals surface area contributed by atoms with Crippen LogP contribution in [0.4, 0.5) is 0 Å². The molecule has 0 saturated carbocycles. The van der Waals surface area contributed by atoms with E-state index < -0.39 is 5.97 Å². The highest BCUT2D eigenvalue weighted by Crippen LogP contribution is 2.36. The number of aliphatic carboxylic acids is 1. The predicted octanol–water partition coefficient (Wildman–Crippen LogP) is 1.20. The lowest BCUT2D eigenvalue weighted by atomic mass is 10.1. The summed E-state index contributed by atoms with van der Waals surface area (Å²) in [5.74, 6) is -1.64. The molecule has 0 unspecified atom stereocenters. The molecule has 0 aliphatic rings. The number of methoxy groups -OCH3 is 1. The SMILES string of the molecule is COc1c(O)cc(/C=C/C(=O)O)cc1O. The molecule has 0 amide bonds. The Kier molecular flexibility index (Phi) is 3.17. The summed E-state index contributed by atoms with van der Waals surface area (Å²) in [7, 11) is 1.31. The van der Waals surface area contributed by atoms with Crippen molar-refractivity contribution in [2.45, 2.75) is 0 Å². The van der Waals surface area contributed by atoms with E-state index in [1.165, 1.54) is 25.3 Å². The Bertz CT molecular complexity index is 385. The Morgan fingerprint density at radius 3 is 2.27 bits per heavy atom. The second-order valence-corrected chi connectivity index (χ2v) is 2.76. The van der Waals surface area contributed by atoms with Crippen molar-refractivity contribution in [1.82, 2.24) is 0 Å². The van der Waals surface area contributed by atoms with Gasteiger partial charge in [0.15, 0.2) is 11.5 Å². The summed E-state index contributed by atoms with van der Waals surface area (Å²) in [6.45, 7) is 0. The number of rotatable bonds is 3. The molecule has 80 valence electrons. The van der Waals surface area contributed by atoms with Crippen LogP contribution >= 0.6 is 0 Å². The van der Waals surface area contributed by atoms with E-state index in [9.17, 15) is 15.0 Å². The molecule has 15 heavy (non-hydrogen) atoms. The lowest BCUT2D eigenvalue weighted by Crippen LogP contribution is -1.87. The number of hydrogen-bond acceptors (Lipinski definition) is 4. The van der Waals surface area contributed by atoms with Gasteiger partial charge in [-0.25, -0.2) is 4.79 Å². The maximum atomic E-state index is 10.2. The third-order valence-electron chi connectivity index (χ3n) is 1.69. The molecule has 1 aromatic carbocycles. The number of benzene rings is 1. The smallest absolute Gasteiger partial charge is 0.328 e. The fraction of sp³-hybridized carbons (Fsp3) is 0.100. The predicted molar refractivity (Wildman–Crippen MR) is 53.0 cm³/mol. The van der Waals surface area contributed by atoms with Gasteiger partial charge in [-0.1, -0.05) is 0 Å². The fourth-order valence-electron chi connectivity index (χ4n) is 1.09. The molecular weight excluding hydrogens is 200 g/mol. The van der Waals surface area contributed by atoms with Crippen molar-refractivity contribution in [3.05, 3.63) is 23.8 Å². The molecule has 5 nitrogen and oxygen atoms in total. The Morgan fingerprint density at radius 1 is 1.33 bits per heavy atom. The zero-order chi connectivity index (χ0) is 11.4. The van der Waals surface area contributed by atoms with E-state index in [2.05, 4.69) is 0 Å². The maximum absolute atomic E-state index is 10.2. The van der Waals surface area contributed by atoms with E-state index in [1.807, 2.05) is 0 Å². The minimum atomic E-state index is -1.11. The van der Waals surface area contributed by atoms with Gasteiger partial charge in [-0.15, -0.1) is 0 Å². The van der Waals surface area contributed by atoms with Gasteiger partial charge in [-0.2, -0.15) is 0 Å². The monoisotopic (exact) mass is 210 g/mol. The molecule has 1 rings (SSSR count). The molecule has 0 bridgehead atoms. The van der Waals surface area contributed by atoms with Crippen LogP contribution in [0.5, 0.6) is 17.2 Å². The molecule has 0 saturated heterocycles. The lowest BCUT2D eigenvalue weighted by molar-refractivity contribution is -0.131. The minimum absolute atomic E-state index is 0.0394. The Balaban J connectivity index is 3.09. The van der Waals surface area contributed by atoms with Gasteiger partial charge in [0.2, 0.25) is 5.75 Å². The summed E-state index contributed by atoms with van der Waals surface area (Å²) in [6, 6.07) is 2.58. The highest BCUT2D eigenvalue weighted by molar-refractivity contribution is 5.85. The normalized spacial score (nSPS) is 10.5. The lowest BCUT2D eigenvalue weighted by Gasteiger charge is -2.06. The van der Waals surface area contributed by atoms with Crippen LogP contribution in [0.2, 0.25) is 0 Å². The van der Waals surface area contributed by atoms with Gasteiger partial charge in [0.25, 0.3) is 0 Å². The van der Waals surface area contributed by atoms with Crippen molar-refractivity contribution >= 4 is 12.0 Å². The average Bonchev–Trinajstić information content (AvgIpc) is 2.14. The van der Waals surface area contributed by atoms with Crippen molar-refractivity contribution in [3.63, 3.8) is 0 Å². The molecule has 0 aliphatic carbocycles. The van der Waals surface area contributed by atoms with E-state index in [0.717, 1.165) is 6.08 Å². The molecule has 0 radical (unpaired) electrons. The van der Waals surface area contributed by atoms with Gasteiger partial charge in [0.1, 0.15) is 0 Å². The highest BCUT2D eigenvalue weighted by Gasteiger charge is 2.08. The van der Waals surface area contributed by atoms with Gasteiger partial charge < -0.3 is 20.1 Å². The Morgan fingerprint density at radius 2 is 1.87 bits per heavy atom. The van der Waals surface area contributed by atoms with E-state index >= 15 is 0 Å². The molecule has 0 aromatic heterocycles. The summed E-state index contributed by atoms with van der Waals surface area (Å²) < 4.78 is 4.72. The zero-order valence-corrected chi connectivity index (χ0v) is 7.97. The fourth-order valence-corrected chi connectivity index (χ4v) is 1.09. The van der Waals surface area contributed by atoms with Gasteiger partial charge in [-0.05, 0) is 23.8 Å². The van der Waals surface area contributed by atoms with Crippen LogP contribution in [-0.4, -0.2) is 28.4 Å². The first-order valence-corrected chi connectivity index (χ1v) is 4.05. The molecule has 3 N–H and O–H groups in total. The summed E-state index contributed by atoms with van der Waals surface area (Å²) >= 11 is 0. The number of aromatic hydroxyl groups is 2. The molecule has 0 heterocycles. The van der Waals surface area contributed by atoms with E-state index in [-0.39, 0.29) is 17.2 Å². The quantitative estimate of drug-likeness (QED) is 0.652. The van der Waals surface area contributed by atoms with Crippen LogP contribution < -0.4 is 4.74 Å². The van der Waals surface area contributed by atoms with E-state index in [4.69, 9.17) is 9.84 Å². The van der Waals surface area contributed by atoms with Crippen LogP contribution in [0.15, 0.2) is 18.2 Å². The van der Waals surface area contributed by atoms with Crippen molar-refractivity contribution in [2.75, 3.05) is 7.11 Å². The first-order chi connectivity index (χ1) is 7.04. The molecule has 0 aliphatic heterocycles. The largest absolute Gasteiger partial charge is 0.504 e. The summed E-state index contributed by atoms with van der Waals surface area (Å²) in [6.07, 6.45) is 2.15. The van der Waals surface area contributed by atoms with Crippen molar-refractivity contribution in [3.8, 4) is 17.2 Å². The van der Waals surface area contributed by atoms with E-state index in [0.29, 0.717) is 5.56 Å². The van der Waals surface area contributed by atoms with E-state index in [1.54, 1.807) is 0 Å². The summed E-state index contributed by atoms with van der Waals surface area (Å²) in [5.41, 5.74) is 0.369. The van der Waals surface area contributed by atoms with Crippen molar-refractivity contribution < 1.29 is 24.9 Å². The Labute approximate surface area is 85.9 Å². The van der Waals surface area contributed by atoms with Crippen LogP contribution in [0.3, 0.4) is 0 Å². The number of carboxylic acids is 1. The van der Waals surface area contributed by atoms with Gasteiger partial charge in [0, 0.05) is 6.08 Å². The number of carbonyl (C=O) groups is 1. The van der Waals surface area contributed by atoms with Gasteiger partial charge in [-0.3, -0.25) is 0 Å². The summed E-state index contributed by atoms with van der Waals surface area (Å²) in [4.78, 5) is 10.2. The molecule has 0 atom stereocenters. The van der Waals surface area contributed by atoms with Crippen LogP contribution in [0, 0.1) is 0 Å². The zero-order valence-electron chi connectivity index (χ0n) is 7.97. The topological polar surface area (TPSA) is 87.0 Å². The minimum Gasteiger partial charge on any atom is -0.504 e. The van der Waals surface area contributed by atoms with Gasteiger partial charge in [0.05, 0.1) is 7.11 Å². The third kappa shape index (κ3) is 2.63. The van der Waals surface area contributed by atoms with Gasteiger partial charge >= 0.3 is 5.97 Å². The van der Waals surface area contributed by atoms with Crippen molar-refractivity contribution in [2.24, 2.45) is 0 Å². The average molecular weight is 210 g/mol. The second-order valence-electron chi connectivity index (χ2n) is 2.76. The maximum Gasteiger partial charge on any atom is 0.328 e. The number of carboxylic acid groups (broad SMARTS) is 1. The summed E-state index contributed by atoms with van der Waals surface area (Å²) in [5, 5.41) is 27.1. The van der Waals surface area contributed by atoms with Crippen LogP contribution in [0.1, 0.15) is 5.56 Å². The highest BCUT2D eigenvalue weighted by atomic mass is 16.5. The van der Waals surface area contributed by atoms with Crippen molar-refractivity contribution in [1.29, 1.82) is 0 Å². The molecule has 5 heteroatoms. The van der Waals surface area contributed by atoms with Crippen LogP contribution in [-0.2, 0) is 4.79 Å². The third-order valence-corrected chi connectivity index (χ3v) is 1.69. The Hall–Kier alpha value is -2.17. The number of phenols is 2. The molecule has 0 spiro atoms. The first kappa shape index (κ1) is 10.9. The van der Waals surface area contributed by atoms with Crippen LogP contribution in [0.25, 0.3) is 6.08 Å². The molecule has 0 fully saturated rings. The number of phenolic OH excluding ortho intramolecular Hbond substituents is 2. The second kappa shape index (κ2) is 4.36. The standard InChI is InChI=1S/C10H10O5/c1-15-10-7(11)4-6(5-8(10)12)2-3-9(13)14/h2-5,11-12H,1H3,(H,13,14)/b3-2+. The molecular formula is C10H10O5.